The number of pyridine rings is 1. The zero-order chi connectivity index (χ0) is 14.9. The molecule has 0 aliphatic carbocycles. The van der Waals surface area contributed by atoms with Gasteiger partial charge in [0.25, 0.3) is 5.91 Å². The Hall–Kier alpha value is -1.83. The van der Waals surface area contributed by atoms with Crippen molar-refractivity contribution in [1.82, 2.24) is 9.88 Å². The summed E-state index contributed by atoms with van der Waals surface area (Å²) in [4.78, 5) is 17.0. The van der Waals surface area contributed by atoms with Crippen molar-refractivity contribution < 1.29 is 18.0 Å². The number of anilines is 1. The lowest BCUT2D eigenvalue weighted by Crippen LogP contribution is -2.38. The molecule has 0 saturated carbocycles. The summed E-state index contributed by atoms with van der Waals surface area (Å²) in [5.74, 6) is -0.717. The number of aromatic nitrogens is 1. The fourth-order valence-corrected chi connectivity index (χ4v) is 2.84. The summed E-state index contributed by atoms with van der Waals surface area (Å²) < 4.78 is 38.0. The average Bonchev–Trinajstić information content (AvgIpc) is 2.72. The van der Waals surface area contributed by atoms with Crippen LogP contribution in [0, 0.1) is 0 Å². The third kappa shape index (κ3) is 2.84. The zero-order valence-electron chi connectivity index (χ0n) is 10.6. The molecule has 4 nitrogen and oxygen atoms in total. The van der Waals surface area contributed by atoms with Crippen LogP contribution in [0.5, 0.6) is 0 Å². The van der Waals surface area contributed by atoms with Crippen LogP contribution in [0.4, 0.5) is 18.9 Å². The third-order valence-corrected chi connectivity index (χ3v) is 3.86. The summed E-state index contributed by atoms with van der Waals surface area (Å²) in [6, 6.07) is 3.40. The highest BCUT2D eigenvalue weighted by atomic mass is 32.1. The predicted molar refractivity (Wildman–Crippen MR) is 71.7 cm³/mol. The molecule has 1 amide bonds. The second-order valence-corrected chi connectivity index (χ2v) is 5.18. The summed E-state index contributed by atoms with van der Waals surface area (Å²) in [5.41, 5.74) is 6.40. The van der Waals surface area contributed by atoms with Crippen LogP contribution in [0.2, 0.25) is 0 Å². The fraction of sp³-hybridized carbons (Fsp3) is 0.333. The number of alkyl halides is 3. The van der Waals surface area contributed by atoms with E-state index in [0.29, 0.717) is 10.2 Å². The first-order valence-corrected chi connectivity index (χ1v) is 6.64. The highest BCUT2D eigenvalue weighted by Gasteiger charge is 2.33. The highest BCUT2D eigenvalue weighted by molar-refractivity contribution is 7.21. The number of nitrogens with zero attached hydrogens (tertiary/aromatic N) is 2. The molecule has 0 atom stereocenters. The van der Waals surface area contributed by atoms with E-state index in [1.165, 1.54) is 13.1 Å². The second-order valence-electron chi connectivity index (χ2n) is 4.13. The highest BCUT2D eigenvalue weighted by Crippen LogP contribution is 2.33. The number of carbonyl (C=O) groups excluding carboxylic acids is 1. The number of hydrogen-bond donors (Lipinski definition) is 1. The molecule has 2 N–H and O–H groups in total. The van der Waals surface area contributed by atoms with Crippen LogP contribution in [0.15, 0.2) is 18.3 Å². The first-order valence-electron chi connectivity index (χ1n) is 5.82. The summed E-state index contributed by atoms with van der Waals surface area (Å²) in [7, 11) is 0. The van der Waals surface area contributed by atoms with Crippen molar-refractivity contribution in [2.45, 2.75) is 13.1 Å². The summed E-state index contributed by atoms with van der Waals surface area (Å²) in [6.45, 7) is 0.161. The normalized spacial score (nSPS) is 11.8. The molecule has 0 aromatic carbocycles. The van der Waals surface area contributed by atoms with E-state index in [2.05, 4.69) is 4.98 Å². The molecule has 0 bridgehead atoms. The minimum Gasteiger partial charge on any atom is -0.396 e. The largest absolute Gasteiger partial charge is 0.406 e. The molecule has 0 aliphatic heterocycles. The minimum absolute atomic E-state index is 0.0422. The molecule has 2 heterocycles. The number of nitrogens with two attached hydrogens (primary N) is 1. The van der Waals surface area contributed by atoms with Gasteiger partial charge in [-0.15, -0.1) is 11.3 Å². The van der Waals surface area contributed by atoms with E-state index in [1.54, 1.807) is 12.1 Å². The van der Waals surface area contributed by atoms with E-state index in [0.717, 1.165) is 16.2 Å². The van der Waals surface area contributed by atoms with Gasteiger partial charge >= 0.3 is 6.18 Å². The Morgan fingerprint density at radius 2 is 2.20 bits per heavy atom. The third-order valence-electron chi connectivity index (χ3n) is 2.72. The maximum Gasteiger partial charge on any atom is 0.406 e. The predicted octanol–water partition coefficient (Wildman–Crippen LogP) is 2.90. The van der Waals surface area contributed by atoms with Crippen LogP contribution in [-0.4, -0.2) is 35.1 Å². The van der Waals surface area contributed by atoms with E-state index in [9.17, 15) is 18.0 Å². The van der Waals surface area contributed by atoms with Crippen LogP contribution in [0.1, 0.15) is 16.6 Å². The number of halogens is 3. The van der Waals surface area contributed by atoms with E-state index in [4.69, 9.17) is 5.73 Å². The molecule has 0 saturated heterocycles. The van der Waals surface area contributed by atoms with Gasteiger partial charge in [0.15, 0.2) is 0 Å². The molecular weight excluding hydrogens is 291 g/mol. The standard InChI is InChI=1S/C12H12F3N3OS/c1-2-18(6-12(13,14)15)11(19)10-8(16)9-7(20-10)4-3-5-17-9/h3-5H,2,6,16H2,1H3. The fourth-order valence-electron chi connectivity index (χ4n) is 1.79. The van der Waals surface area contributed by atoms with Crippen molar-refractivity contribution in [3.8, 4) is 0 Å². The lowest BCUT2D eigenvalue weighted by Gasteiger charge is -2.21. The smallest absolute Gasteiger partial charge is 0.396 e. The van der Waals surface area contributed by atoms with Gasteiger partial charge < -0.3 is 10.6 Å². The number of rotatable bonds is 3. The topological polar surface area (TPSA) is 59.2 Å². The van der Waals surface area contributed by atoms with Crippen molar-refractivity contribution in [3.05, 3.63) is 23.2 Å². The van der Waals surface area contributed by atoms with E-state index in [1.807, 2.05) is 0 Å². The van der Waals surface area contributed by atoms with Gasteiger partial charge in [-0.2, -0.15) is 13.2 Å². The first kappa shape index (κ1) is 14.6. The number of fused-ring (bicyclic) bond motifs is 1. The van der Waals surface area contributed by atoms with Gasteiger partial charge in [-0.05, 0) is 19.1 Å². The molecule has 2 aromatic rings. The second kappa shape index (κ2) is 5.28. The van der Waals surface area contributed by atoms with Crippen molar-refractivity contribution in [2.24, 2.45) is 0 Å². The summed E-state index contributed by atoms with van der Waals surface area (Å²) in [6.07, 6.45) is -2.91. The molecule has 0 spiro atoms. The number of carbonyl (C=O) groups is 1. The molecule has 8 heteroatoms. The maximum atomic E-state index is 12.4. The van der Waals surface area contributed by atoms with Crippen LogP contribution in [0.3, 0.4) is 0 Å². The van der Waals surface area contributed by atoms with Crippen LogP contribution in [-0.2, 0) is 0 Å². The Bertz CT molecular complexity index is 638. The van der Waals surface area contributed by atoms with Gasteiger partial charge in [0, 0.05) is 12.7 Å². The number of thiophene rings is 1. The summed E-state index contributed by atoms with van der Waals surface area (Å²) in [5, 5.41) is 0. The number of hydrogen-bond acceptors (Lipinski definition) is 4. The van der Waals surface area contributed by atoms with Gasteiger partial charge in [-0.1, -0.05) is 0 Å². The summed E-state index contributed by atoms with van der Waals surface area (Å²) >= 11 is 1.06. The van der Waals surface area contributed by atoms with Crippen molar-refractivity contribution in [1.29, 1.82) is 0 Å². The molecule has 0 aliphatic rings. The van der Waals surface area contributed by atoms with Gasteiger partial charge in [-0.25, -0.2) is 0 Å². The van der Waals surface area contributed by atoms with E-state index in [-0.39, 0.29) is 17.1 Å². The molecule has 2 aromatic heterocycles. The van der Waals surface area contributed by atoms with Gasteiger partial charge in [0.2, 0.25) is 0 Å². The molecular formula is C12H12F3N3OS. The molecule has 0 radical (unpaired) electrons. The Kier molecular flexibility index (Phi) is 3.85. The lowest BCUT2D eigenvalue weighted by molar-refractivity contribution is -0.140. The Balaban J connectivity index is 2.37. The lowest BCUT2D eigenvalue weighted by atomic mass is 10.3. The Labute approximate surface area is 117 Å². The van der Waals surface area contributed by atoms with Gasteiger partial charge in [0.05, 0.1) is 10.4 Å². The number of nitrogen functional groups attached to an aromatic ring is 1. The van der Waals surface area contributed by atoms with Crippen molar-refractivity contribution in [2.75, 3.05) is 18.8 Å². The molecule has 0 unspecified atom stereocenters. The zero-order valence-corrected chi connectivity index (χ0v) is 11.4. The number of amides is 1. The van der Waals surface area contributed by atoms with E-state index < -0.39 is 18.6 Å². The van der Waals surface area contributed by atoms with Crippen molar-refractivity contribution in [3.63, 3.8) is 0 Å². The molecule has 108 valence electrons. The Morgan fingerprint density at radius 1 is 1.50 bits per heavy atom. The SMILES string of the molecule is CCN(CC(F)(F)F)C(=O)c1sc2cccnc2c1N. The maximum absolute atomic E-state index is 12.4. The molecule has 2 rings (SSSR count). The molecule has 20 heavy (non-hydrogen) atoms. The molecule has 0 fully saturated rings. The average molecular weight is 303 g/mol. The van der Waals surface area contributed by atoms with Crippen LogP contribution in [0.25, 0.3) is 10.2 Å². The van der Waals surface area contributed by atoms with Crippen molar-refractivity contribution >= 4 is 33.1 Å². The monoisotopic (exact) mass is 303 g/mol. The van der Waals surface area contributed by atoms with Gasteiger partial charge in [0.1, 0.15) is 16.9 Å². The van der Waals surface area contributed by atoms with Crippen LogP contribution < -0.4 is 5.73 Å². The quantitative estimate of drug-likeness (QED) is 0.948. The van der Waals surface area contributed by atoms with Gasteiger partial charge in [-0.3, -0.25) is 9.78 Å². The Morgan fingerprint density at radius 3 is 2.75 bits per heavy atom. The van der Waals surface area contributed by atoms with Crippen LogP contribution >= 0.6 is 11.3 Å². The van der Waals surface area contributed by atoms with E-state index >= 15 is 0 Å². The minimum atomic E-state index is -4.44. The first-order chi connectivity index (χ1) is 9.33.